The molecule has 0 radical (unpaired) electrons. The van der Waals surface area contributed by atoms with Crippen molar-refractivity contribution in [1.29, 1.82) is 0 Å². The first-order valence-corrected chi connectivity index (χ1v) is 15.8. The van der Waals surface area contributed by atoms with E-state index in [2.05, 4.69) is 32.6 Å². The molecule has 3 aromatic rings. The van der Waals surface area contributed by atoms with Gasteiger partial charge in [0.05, 0.1) is 18.8 Å². The fourth-order valence-electron chi connectivity index (χ4n) is 6.62. The summed E-state index contributed by atoms with van der Waals surface area (Å²) in [7, 11) is 0. The molecule has 0 saturated carbocycles. The summed E-state index contributed by atoms with van der Waals surface area (Å²) in [6.07, 6.45) is 5.19. The lowest BCUT2D eigenvalue weighted by Crippen LogP contribution is -2.45. The predicted molar refractivity (Wildman–Crippen MR) is 167 cm³/mol. The third kappa shape index (κ3) is 8.02. The molecule has 3 fully saturated rings. The molecule has 3 aromatic carbocycles. The van der Waals surface area contributed by atoms with Gasteiger partial charge in [-0.3, -0.25) is 4.90 Å². The zero-order chi connectivity index (χ0) is 29.4. The van der Waals surface area contributed by atoms with E-state index in [1.54, 1.807) is 0 Å². The lowest BCUT2D eigenvalue weighted by molar-refractivity contribution is -0.253. The molecule has 3 saturated heterocycles. The first-order valence-electron chi connectivity index (χ1n) is 15.8. The third-order valence-corrected chi connectivity index (χ3v) is 8.93. The van der Waals surface area contributed by atoms with E-state index in [1.165, 1.54) is 38.8 Å². The predicted octanol–water partition coefficient (Wildman–Crippen LogP) is 5.61. The van der Waals surface area contributed by atoms with Crippen LogP contribution in [0.15, 0.2) is 78.9 Å². The van der Waals surface area contributed by atoms with E-state index in [0.717, 1.165) is 48.3 Å². The van der Waals surface area contributed by atoms with Gasteiger partial charge in [0.15, 0.2) is 6.29 Å². The zero-order valence-electron chi connectivity index (χ0n) is 24.9. The minimum absolute atomic E-state index is 0.00577. The number of likely N-dealkylation sites (tertiary alicyclic amines) is 2. The quantitative estimate of drug-likeness (QED) is 0.287. The molecule has 8 nitrogen and oxygen atoms in total. The lowest BCUT2D eigenvalue weighted by atomic mass is 9.99. The second-order valence-electron chi connectivity index (χ2n) is 12.1. The lowest BCUT2D eigenvalue weighted by Gasteiger charge is -2.39. The van der Waals surface area contributed by atoms with Crippen LogP contribution < -0.4 is 10.6 Å². The van der Waals surface area contributed by atoms with Crippen molar-refractivity contribution < 1.29 is 19.4 Å². The fourth-order valence-corrected chi connectivity index (χ4v) is 6.62. The van der Waals surface area contributed by atoms with E-state index in [9.17, 15) is 9.90 Å². The van der Waals surface area contributed by atoms with Gasteiger partial charge < -0.3 is 30.1 Å². The highest BCUT2D eigenvalue weighted by atomic mass is 16.7. The van der Waals surface area contributed by atoms with E-state index in [1.807, 2.05) is 66.7 Å². The van der Waals surface area contributed by atoms with Crippen LogP contribution in [-0.2, 0) is 22.6 Å². The first-order chi connectivity index (χ1) is 21.1. The van der Waals surface area contributed by atoms with Crippen molar-refractivity contribution in [3.63, 3.8) is 0 Å². The van der Waals surface area contributed by atoms with Gasteiger partial charge in [-0.2, -0.15) is 0 Å². The summed E-state index contributed by atoms with van der Waals surface area (Å²) in [6.45, 7) is 6.06. The fraction of sp³-hybridized carbons (Fsp3) is 0.457. The van der Waals surface area contributed by atoms with Crippen molar-refractivity contribution in [2.75, 3.05) is 38.0 Å². The Morgan fingerprint density at radius 2 is 1.65 bits per heavy atom. The standard InChI is InChI=1S/C35H44N4O4/c40-25-27-13-15-28(16-14-27)33-21-32(24-39-19-7-12-31(39)23-38-17-4-5-18-38)42-34(43-33)29-10-6-11-30(20-29)37-35(41)36-22-26-8-2-1-3-9-26/h1-3,6,8-11,13-16,20,31-34,40H,4-5,7,12,17-19,21-25H2,(H2,36,37,41)/t31-,32-,33+,34+/m0/s1. The van der Waals surface area contributed by atoms with E-state index < -0.39 is 6.29 Å². The number of anilines is 1. The summed E-state index contributed by atoms with van der Waals surface area (Å²) in [4.78, 5) is 17.9. The van der Waals surface area contributed by atoms with Gasteiger partial charge in [-0.1, -0.05) is 66.7 Å². The van der Waals surface area contributed by atoms with Crippen molar-refractivity contribution in [1.82, 2.24) is 15.1 Å². The van der Waals surface area contributed by atoms with Crippen LogP contribution >= 0.6 is 0 Å². The smallest absolute Gasteiger partial charge is 0.319 e. The van der Waals surface area contributed by atoms with Crippen LogP contribution in [-0.4, -0.2) is 65.8 Å². The summed E-state index contributed by atoms with van der Waals surface area (Å²) < 4.78 is 13.3. The van der Waals surface area contributed by atoms with Crippen molar-refractivity contribution in [2.24, 2.45) is 0 Å². The largest absolute Gasteiger partial charge is 0.392 e. The van der Waals surface area contributed by atoms with Crippen LogP contribution in [0.1, 0.15) is 66.8 Å². The molecule has 8 heteroatoms. The van der Waals surface area contributed by atoms with E-state index in [4.69, 9.17) is 9.47 Å². The van der Waals surface area contributed by atoms with E-state index in [-0.39, 0.29) is 24.8 Å². The highest BCUT2D eigenvalue weighted by molar-refractivity contribution is 5.89. The molecule has 3 aliphatic heterocycles. The molecule has 6 rings (SSSR count). The highest BCUT2D eigenvalue weighted by Crippen LogP contribution is 2.39. The van der Waals surface area contributed by atoms with Gasteiger partial charge in [-0.05, 0) is 74.1 Å². The van der Waals surface area contributed by atoms with Gasteiger partial charge in [-0.25, -0.2) is 4.79 Å². The Balaban J connectivity index is 1.15. The van der Waals surface area contributed by atoms with Gasteiger partial charge >= 0.3 is 6.03 Å². The number of carbonyl (C=O) groups is 1. The summed E-state index contributed by atoms with van der Waals surface area (Å²) in [5.74, 6) is 0. The maximum atomic E-state index is 12.7. The number of amides is 2. The van der Waals surface area contributed by atoms with E-state index >= 15 is 0 Å². The molecule has 3 aliphatic rings. The Hall–Kier alpha value is -3.27. The van der Waals surface area contributed by atoms with E-state index in [0.29, 0.717) is 18.3 Å². The zero-order valence-corrected chi connectivity index (χ0v) is 24.9. The summed E-state index contributed by atoms with van der Waals surface area (Å²) in [5, 5.41) is 15.4. The summed E-state index contributed by atoms with van der Waals surface area (Å²) in [6, 6.07) is 25.9. The molecule has 4 atom stereocenters. The average molecular weight is 585 g/mol. The van der Waals surface area contributed by atoms with Gasteiger partial charge in [0, 0.05) is 43.3 Å². The Bertz CT molecular complexity index is 1310. The third-order valence-electron chi connectivity index (χ3n) is 8.93. The van der Waals surface area contributed by atoms with Crippen molar-refractivity contribution in [3.05, 3.63) is 101 Å². The molecular formula is C35H44N4O4. The van der Waals surface area contributed by atoms with Crippen LogP contribution in [0.2, 0.25) is 0 Å². The molecule has 0 bridgehead atoms. The second-order valence-corrected chi connectivity index (χ2v) is 12.1. The number of carbonyl (C=O) groups excluding carboxylic acids is 1. The van der Waals surface area contributed by atoms with Gasteiger partial charge in [-0.15, -0.1) is 0 Å². The number of rotatable bonds is 10. The Labute approximate surface area is 255 Å². The number of hydrogen-bond acceptors (Lipinski definition) is 6. The minimum atomic E-state index is -0.560. The van der Waals surface area contributed by atoms with Crippen molar-refractivity contribution >= 4 is 11.7 Å². The van der Waals surface area contributed by atoms with Gasteiger partial charge in [0.25, 0.3) is 0 Å². The summed E-state index contributed by atoms with van der Waals surface area (Å²) in [5.41, 5.74) is 4.57. The molecule has 0 unspecified atom stereocenters. The Morgan fingerprint density at radius 1 is 0.837 bits per heavy atom. The normalized spacial score (nSPS) is 24.7. The SMILES string of the molecule is O=C(NCc1ccccc1)Nc1cccc([C@@H]2O[C@H](CN3CCC[C@H]3CN3CCCC3)C[C@H](c3ccc(CO)cc3)O2)c1. The van der Waals surface area contributed by atoms with Crippen LogP contribution in [0.3, 0.4) is 0 Å². The van der Waals surface area contributed by atoms with Crippen LogP contribution in [0, 0.1) is 0 Å². The Kier molecular flexibility index (Phi) is 10.0. The first kappa shape index (κ1) is 29.8. The number of hydrogen-bond donors (Lipinski definition) is 3. The molecule has 3 heterocycles. The molecular weight excluding hydrogens is 540 g/mol. The highest BCUT2D eigenvalue weighted by Gasteiger charge is 2.36. The van der Waals surface area contributed by atoms with Crippen LogP contribution in [0.4, 0.5) is 10.5 Å². The van der Waals surface area contributed by atoms with Crippen LogP contribution in [0.25, 0.3) is 0 Å². The molecule has 228 valence electrons. The minimum Gasteiger partial charge on any atom is -0.392 e. The van der Waals surface area contributed by atoms with Crippen LogP contribution in [0.5, 0.6) is 0 Å². The second kappa shape index (κ2) is 14.5. The van der Waals surface area contributed by atoms with Gasteiger partial charge in [0.2, 0.25) is 0 Å². The van der Waals surface area contributed by atoms with Crippen molar-refractivity contribution in [3.8, 4) is 0 Å². The number of nitrogens with one attached hydrogen (secondary N) is 2. The molecule has 3 N–H and O–H groups in total. The number of ether oxygens (including phenoxy) is 2. The Morgan fingerprint density at radius 3 is 2.44 bits per heavy atom. The maximum absolute atomic E-state index is 12.7. The topological polar surface area (TPSA) is 86.3 Å². The molecule has 0 spiro atoms. The number of aliphatic hydroxyl groups excluding tert-OH is 1. The molecule has 43 heavy (non-hydrogen) atoms. The van der Waals surface area contributed by atoms with Crippen molar-refractivity contribution in [2.45, 2.75) is 69.8 Å². The molecule has 0 aromatic heterocycles. The monoisotopic (exact) mass is 584 g/mol. The molecule has 0 aliphatic carbocycles. The maximum Gasteiger partial charge on any atom is 0.319 e. The number of aliphatic hydroxyl groups is 1. The summed E-state index contributed by atoms with van der Waals surface area (Å²) >= 11 is 0. The van der Waals surface area contributed by atoms with Gasteiger partial charge in [0.1, 0.15) is 0 Å². The average Bonchev–Trinajstić information content (AvgIpc) is 3.73. The number of benzene rings is 3. The molecule has 2 amide bonds. The number of nitrogens with zero attached hydrogens (tertiary/aromatic N) is 2. The number of urea groups is 1.